The number of aliphatic hydroxyl groups is 1. The lowest BCUT2D eigenvalue weighted by Crippen LogP contribution is -2.25. The Labute approximate surface area is 255 Å². The van der Waals surface area contributed by atoms with Crippen molar-refractivity contribution in [3.05, 3.63) is 81.8 Å². The summed E-state index contributed by atoms with van der Waals surface area (Å²) in [5.41, 5.74) is 5.38. The Bertz CT molecular complexity index is 1860. The lowest BCUT2D eigenvalue weighted by atomic mass is 9.97. The van der Waals surface area contributed by atoms with Crippen LogP contribution in [0.1, 0.15) is 39.4 Å². The second kappa shape index (κ2) is 12.5. The second-order valence-corrected chi connectivity index (χ2v) is 10.9. The van der Waals surface area contributed by atoms with Crippen LogP contribution in [0.3, 0.4) is 0 Å². The van der Waals surface area contributed by atoms with Crippen molar-refractivity contribution in [2.24, 2.45) is 0 Å². The van der Waals surface area contributed by atoms with Gasteiger partial charge in [-0.3, -0.25) is 9.48 Å². The lowest BCUT2D eigenvalue weighted by Gasteiger charge is -2.13. The van der Waals surface area contributed by atoms with E-state index in [1.165, 1.54) is 11.8 Å². The van der Waals surface area contributed by atoms with Crippen LogP contribution < -0.4 is 10.1 Å². The summed E-state index contributed by atoms with van der Waals surface area (Å²) < 4.78 is 14.9. The molecule has 0 aliphatic carbocycles. The number of rotatable bonds is 10. The molecule has 2 heterocycles. The molecule has 0 spiro atoms. The number of likely N-dealkylation sites (N-methyl/N-ethyl adjacent to an activating group) is 1. The zero-order valence-corrected chi connectivity index (χ0v) is 25.7. The van der Waals surface area contributed by atoms with E-state index in [0.29, 0.717) is 58.4 Å². The molecule has 0 saturated carbocycles. The van der Waals surface area contributed by atoms with Crippen molar-refractivity contribution in [2.45, 2.75) is 46.9 Å². The van der Waals surface area contributed by atoms with Crippen molar-refractivity contribution in [3.8, 4) is 16.9 Å². The van der Waals surface area contributed by atoms with E-state index in [4.69, 9.17) is 21.1 Å². The maximum Gasteiger partial charge on any atom is 0.354 e. The Morgan fingerprint density at radius 2 is 1.84 bits per heavy atom. The fourth-order valence-corrected chi connectivity index (χ4v) is 6.10. The summed E-state index contributed by atoms with van der Waals surface area (Å²) in [5, 5.41) is 20.9. The minimum absolute atomic E-state index is 0.0511. The van der Waals surface area contributed by atoms with Crippen LogP contribution in [-0.2, 0) is 29.2 Å². The van der Waals surface area contributed by atoms with E-state index in [2.05, 4.69) is 22.5 Å². The molecule has 0 aliphatic rings. The molecule has 2 N–H and O–H groups in total. The van der Waals surface area contributed by atoms with Gasteiger partial charge in [-0.1, -0.05) is 41.9 Å². The van der Waals surface area contributed by atoms with Gasteiger partial charge in [-0.05, 0) is 61.9 Å². The maximum atomic E-state index is 13.1. The van der Waals surface area contributed by atoms with Crippen molar-refractivity contribution in [1.29, 1.82) is 0 Å². The molecule has 9 nitrogen and oxygen atoms in total. The fourth-order valence-electron chi connectivity index (χ4n) is 5.85. The summed E-state index contributed by atoms with van der Waals surface area (Å²) in [7, 11) is 2.91. The van der Waals surface area contributed by atoms with Gasteiger partial charge >= 0.3 is 5.97 Å². The number of aliphatic hydroxyl groups excluding tert-OH is 1. The smallest absolute Gasteiger partial charge is 0.354 e. The summed E-state index contributed by atoms with van der Waals surface area (Å²) in [6.45, 7) is 6.24. The molecule has 0 fully saturated rings. The number of esters is 1. The van der Waals surface area contributed by atoms with E-state index >= 15 is 0 Å². The first-order valence-corrected chi connectivity index (χ1v) is 14.5. The number of carbonyl (C=O) groups is 2. The summed E-state index contributed by atoms with van der Waals surface area (Å²) >= 11 is 6.84. The van der Waals surface area contributed by atoms with Crippen LogP contribution in [0.2, 0.25) is 5.02 Å². The molecule has 5 aromatic rings. The Balaban J connectivity index is 1.55. The van der Waals surface area contributed by atoms with E-state index in [9.17, 15) is 14.7 Å². The second-order valence-electron chi connectivity index (χ2n) is 10.5. The normalized spacial score (nSPS) is 11.3. The molecular formula is C33H35ClN4O5. The van der Waals surface area contributed by atoms with Gasteiger partial charge < -0.3 is 24.5 Å². The molecular weight excluding hydrogens is 568 g/mol. The Hall–Kier alpha value is -4.34. The minimum atomic E-state index is -0.462. The predicted molar refractivity (Wildman–Crippen MR) is 168 cm³/mol. The number of hydrogen-bond acceptors (Lipinski definition) is 6. The molecule has 0 unspecified atom stereocenters. The first-order chi connectivity index (χ1) is 20.7. The van der Waals surface area contributed by atoms with Crippen LogP contribution in [0.4, 0.5) is 0 Å². The van der Waals surface area contributed by atoms with Crippen LogP contribution in [0, 0.1) is 20.8 Å². The van der Waals surface area contributed by atoms with Gasteiger partial charge in [0.2, 0.25) is 5.91 Å². The SMILES string of the molecule is CNC(=O)Cn1nc(C)c(-c2c(Cl)ccc3c2c(C)c(C(=O)OC)n3CCCOc2cc(C)cc3ccccc23)c1CO. The van der Waals surface area contributed by atoms with Crippen molar-refractivity contribution in [3.63, 3.8) is 0 Å². The molecule has 2 aromatic heterocycles. The van der Waals surface area contributed by atoms with E-state index in [1.807, 2.05) is 55.7 Å². The van der Waals surface area contributed by atoms with Gasteiger partial charge in [0.05, 0.1) is 31.7 Å². The van der Waals surface area contributed by atoms with E-state index in [-0.39, 0.29) is 19.1 Å². The molecule has 3 aromatic carbocycles. The Morgan fingerprint density at radius 3 is 2.56 bits per heavy atom. The number of aromatic nitrogens is 3. The lowest BCUT2D eigenvalue weighted by molar-refractivity contribution is -0.121. The van der Waals surface area contributed by atoms with Crippen molar-refractivity contribution in [1.82, 2.24) is 19.7 Å². The van der Waals surface area contributed by atoms with Gasteiger partial charge in [0.1, 0.15) is 18.0 Å². The number of benzene rings is 3. The predicted octanol–water partition coefficient (Wildman–Crippen LogP) is 5.73. The van der Waals surface area contributed by atoms with Crippen molar-refractivity contribution >= 4 is 45.2 Å². The highest BCUT2D eigenvalue weighted by molar-refractivity contribution is 6.35. The van der Waals surface area contributed by atoms with E-state index < -0.39 is 5.97 Å². The highest BCUT2D eigenvalue weighted by atomic mass is 35.5. The Morgan fingerprint density at radius 1 is 1.07 bits per heavy atom. The molecule has 10 heteroatoms. The van der Waals surface area contributed by atoms with Crippen LogP contribution in [0.15, 0.2) is 48.5 Å². The number of aryl methyl sites for hydroxylation is 4. The number of ether oxygens (including phenoxy) is 2. The molecule has 0 saturated heterocycles. The largest absolute Gasteiger partial charge is 0.493 e. The number of amides is 1. The highest BCUT2D eigenvalue weighted by Crippen LogP contribution is 2.42. The third-order valence-electron chi connectivity index (χ3n) is 7.76. The summed E-state index contributed by atoms with van der Waals surface area (Å²) in [5.74, 6) is 0.118. The van der Waals surface area contributed by atoms with Crippen LogP contribution in [0.25, 0.3) is 32.8 Å². The zero-order valence-electron chi connectivity index (χ0n) is 25.0. The average Bonchev–Trinajstić information content (AvgIpc) is 3.46. The Kier molecular flexibility index (Phi) is 8.75. The van der Waals surface area contributed by atoms with Gasteiger partial charge in [-0.2, -0.15) is 5.10 Å². The number of fused-ring (bicyclic) bond motifs is 2. The summed E-state index contributed by atoms with van der Waals surface area (Å²) in [6, 6.07) is 16.0. The van der Waals surface area contributed by atoms with Gasteiger partial charge in [-0.25, -0.2) is 4.79 Å². The zero-order chi connectivity index (χ0) is 30.8. The number of carbonyl (C=O) groups excluding carboxylic acids is 2. The maximum absolute atomic E-state index is 13.1. The fraction of sp³-hybridized carbons (Fsp3) is 0.303. The van der Waals surface area contributed by atoms with Crippen LogP contribution >= 0.6 is 11.6 Å². The standard InChI is InChI=1S/C33H35ClN4O5/c1-19-15-22-9-6-7-10-23(22)27(16-19)43-14-8-13-37-25-12-11-24(34)31(29(25)20(2)32(37)33(41)42-5)30-21(3)36-38(26(30)18-39)17-28(40)35-4/h6-7,9-12,15-16,39H,8,13-14,17-18H2,1-5H3,(H,35,40). The molecule has 224 valence electrons. The topological polar surface area (TPSA) is 108 Å². The number of hydrogen-bond donors (Lipinski definition) is 2. The van der Waals surface area contributed by atoms with Gasteiger partial charge in [0.15, 0.2) is 0 Å². The van der Waals surface area contributed by atoms with E-state index in [0.717, 1.165) is 33.0 Å². The number of nitrogens with one attached hydrogen (secondary N) is 1. The molecule has 0 atom stereocenters. The number of halogens is 1. The third-order valence-corrected chi connectivity index (χ3v) is 8.07. The molecule has 0 aliphatic heterocycles. The molecule has 43 heavy (non-hydrogen) atoms. The quantitative estimate of drug-likeness (QED) is 0.156. The van der Waals surface area contributed by atoms with Crippen molar-refractivity contribution in [2.75, 3.05) is 20.8 Å². The molecule has 0 radical (unpaired) electrons. The molecule has 0 bridgehead atoms. The van der Waals surface area contributed by atoms with E-state index in [1.54, 1.807) is 13.1 Å². The molecule has 1 amide bonds. The average molecular weight is 603 g/mol. The van der Waals surface area contributed by atoms with Crippen molar-refractivity contribution < 1.29 is 24.2 Å². The number of nitrogens with zero attached hydrogens (tertiary/aromatic N) is 3. The minimum Gasteiger partial charge on any atom is -0.493 e. The monoisotopic (exact) mass is 602 g/mol. The first-order valence-electron chi connectivity index (χ1n) is 14.1. The van der Waals surface area contributed by atoms with Gasteiger partial charge in [0.25, 0.3) is 0 Å². The third kappa shape index (κ3) is 5.58. The first kappa shape index (κ1) is 30.1. The van der Waals surface area contributed by atoms with Gasteiger partial charge in [0, 0.05) is 46.0 Å². The molecule has 5 rings (SSSR count). The van der Waals surface area contributed by atoms with Crippen LogP contribution in [-0.4, -0.2) is 52.1 Å². The summed E-state index contributed by atoms with van der Waals surface area (Å²) in [6.07, 6.45) is 0.623. The van der Waals surface area contributed by atoms with Gasteiger partial charge in [-0.15, -0.1) is 0 Å². The number of methoxy groups -OCH3 is 1. The van der Waals surface area contributed by atoms with Crippen LogP contribution in [0.5, 0.6) is 5.75 Å². The highest BCUT2D eigenvalue weighted by Gasteiger charge is 2.28. The summed E-state index contributed by atoms with van der Waals surface area (Å²) in [4.78, 5) is 25.3.